The lowest BCUT2D eigenvalue weighted by Gasteiger charge is -2.20. The molecule has 1 amide bonds. The molecule has 0 aliphatic carbocycles. The average molecular weight is 345 g/mol. The van der Waals surface area contributed by atoms with E-state index in [-0.39, 0.29) is 17.4 Å². The molecular weight excluding hydrogens is 331 g/mol. The summed E-state index contributed by atoms with van der Waals surface area (Å²) in [6.45, 7) is 0.150. The van der Waals surface area contributed by atoms with Crippen LogP contribution in [-0.4, -0.2) is 27.8 Å². The van der Waals surface area contributed by atoms with E-state index < -0.39 is 23.2 Å². The van der Waals surface area contributed by atoms with Crippen LogP contribution in [0.3, 0.4) is 0 Å². The Hall–Kier alpha value is -2.96. The highest BCUT2D eigenvalue weighted by molar-refractivity contribution is 6.00. The van der Waals surface area contributed by atoms with Crippen LogP contribution < -0.4 is 0 Å². The van der Waals surface area contributed by atoms with Crippen LogP contribution >= 0.6 is 0 Å². The van der Waals surface area contributed by atoms with Crippen LogP contribution in [0.5, 0.6) is 0 Å². The summed E-state index contributed by atoms with van der Waals surface area (Å²) >= 11 is 0. The van der Waals surface area contributed by atoms with Crippen molar-refractivity contribution in [3.8, 4) is 0 Å². The minimum absolute atomic E-state index is 0.0874. The number of fused-ring (bicyclic) bond motifs is 1. The van der Waals surface area contributed by atoms with Crippen molar-refractivity contribution in [1.29, 1.82) is 0 Å². The second-order valence-corrected chi connectivity index (χ2v) is 5.58. The molecule has 7 heteroatoms. The first-order valence-electron chi connectivity index (χ1n) is 7.47. The van der Waals surface area contributed by atoms with Crippen molar-refractivity contribution in [2.45, 2.75) is 12.7 Å². The molecule has 4 nitrogen and oxygen atoms in total. The zero-order chi connectivity index (χ0) is 18.0. The summed E-state index contributed by atoms with van der Waals surface area (Å²) < 4.78 is 40.9. The molecule has 0 unspecified atom stereocenters. The fourth-order valence-electron chi connectivity index (χ4n) is 2.65. The molecule has 0 saturated heterocycles. The number of hydrogen-bond acceptors (Lipinski definition) is 3. The maximum atomic E-state index is 13.6. The van der Waals surface area contributed by atoms with E-state index in [2.05, 4.69) is 9.97 Å². The summed E-state index contributed by atoms with van der Waals surface area (Å²) in [7, 11) is 1.45. The molecule has 0 saturated carbocycles. The predicted octanol–water partition coefficient (Wildman–Crippen LogP) is 3.92. The summed E-state index contributed by atoms with van der Waals surface area (Å²) in [5.41, 5.74) is -0.499. The molecule has 2 heterocycles. The molecule has 2 aromatic heterocycles. The van der Waals surface area contributed by atoms with E-state index in [0.717, 1.165) is 11.8 Å². The van der Waals surface area contributed by atoms with Gasteiger partial charge in [-0.05, 0) is 17.7 Å². The maximum Gasteiger partial charge on any atom is 0.417 e. The number of carbonyl (C=O) groups excluding carboxylic acids is 1. The van der Waals surface area contributed by atoms with Crippen LogP contribution in [0.2, 0.25) is 0 Å². The van der Waals surface area contributed by atoms with E-state index in [1.165, 1.54) is 30.1 Å². The highest BCUT2D eigenvalue weighted by Crippen LogP contribution is 2.37. The minimum atomic E-state index is -4.66. The third-order valence-corrected chi connectivity index (χ3v) is 3.78. The number of halogens is 3. The second-order valence-electron chi connectivity index (χ2n) is 5.58. The van der Waals surface area contributed by atoms with E-state index in [1.54, 1.807) is 30.6 Å². The average Bonchev–Trinajstić information content (AvgIpc) is 2.60. The number of alkyl halides is 3. The van der Waals surface area contributed by atoms with Crippen LogP contribution in [0.15, 0.2) is 55.0 Å². The Morgan fingerprint density at radius 2 is 1.88 bits per heavy atom. The zero-order valence-corrected chi connectivity index (χ0v) is 13.3. The molecule has 128 valence electrons. The number of carbonyl (C=O) groups is 1. The number of aromatic nitrogens is 2. The van der Waals surface area contributed by atoms with E-state index in [0.29, 0.717) is 0 Å². The van der Waals surface area contributed by atoms with Gasteiger partial charge in [-0.3, -0.25) is 14.8 Å². The SMILES string of the molecule is CN(Cc1cccnc1)C(=O)c1cnc2ccccc2c1C(F)(F)F. The van der Waals surface area contributed by atoms with Gasteiger partial charge in [0.05, 0.1) is 16.6 Å². The van der Waals surface area contributed by atoms with Crippen LogP contribution in [0, 0.1) is 0 Å². The monoisotopic (exact) mass is 345 g/mol. The Labute approximate surface area is 141 Å². The summed E-state index contributed by atoms with van der Waals surface area (Å²) in [4.78, 5) is 21.8. The van der Waals surface area contributed by atoms with Crippen molar-refractivity contribution in [2.24, 2.45) is 0 Å². The van der Waals surface area contributed by atoms with Gasteiger partial charge in [0.1, 0.15) is 0 Å². The summed E-state index contributed by atoms with van der Waals surface area (Å²) in [5, 5.41) is -0.0874. The third-order valence-electron chi connectivity index (χ3n) is 3.78. The number of pyridine rings is 2. The van der Waals surface area contributed by atoms with Gasteiger partial charge >= 0.3 is 6.18 Å². The topological polar surface area (TPSA) is 46.1 Å². The van der Waals surface area contributed by atoms with E-state index >= 15 is 0 Å². The van der Waals surface area contributed by atoms with Crippen molar-refractivity contribution in [3.63, 3.8) is 0 Å². The lowest BCUT2D eigenvalue weighted by molar-refractivity contribution is -0.136. The van der Waals surface area contributed by atoms with Crippen LogP contribution in [0.1, 0.15) is 21.5 Å². The smallest absolute Gasteiger partial charge is 0.337 e. The Morgan fingerprint density at radius 1 is 1.12 bits per heavy atom. The molecular formula is C18H14F3N3O. The van der Waals surface area contributed by atoms with E-state index in [9.17, 15) is 18.0 Å². The highest BCUT2D eigenvalue weighted by atomic mass is 19.4. The minimum Gasteiger partial charge on any atom is -0.337 e. The fraction of sp³-hybridized carbons (Fsp3) is 0.167. The molecule has 0 atom stereocenters. The Bertz CT molecular complexity index is 910. The number of para-hydroxylation sites is 1. The quantitative estimate of drug-likeness (QED) is 0.723. The van der Waals surface area contributed by atoms with Gasteiger partial charge in [0.25, 0.3) is 5.91 Å². The van der Waals surface area contributed by atoms with Gasteiger partial charge in [-0.2, -0.15) is 13.2 Å². The summed E-state index contributed by atoms with van der Waals surface area (Å²) in [5.74, 6) is -0.741. The number of nitrogens with zero attached hydrogens (tertiary/aromatic N) is 3. The van der Waals surface area contributed by atoms with Gasteiger partial charge in [-0.1, -0.05) is 24.3 Å². The van der Waals surface area contributed by atoms with Crippen LogP contribution in [0.25, 0.3) is 10.9 Å². The lowest BCUT2D eigenvalue weighted by Crippen LogP contribution is -2.29. The molecule has 0 N–H and O–H groups in total. The molecule has 0 aliphatic rings. The molecule has 0 aliphatic heterocycles. The van der Waals surface area contributed by atoms with Gasteiger partial charge in [0.2, 0.25) is 0 Å². The molecule has 25 heavy (non-hydrogen) atoms. The highest BCUT2D eigenvalue weighted by Gasteiger charge is 2.38. The molecule has 0 radical (unpaired) electrons. The normalized spacial score (nSPS) is 11.5. The van der Waals surface area contributed by atoms with Crippen LogP contribution in [0.4, 0.5) is 13.2 Å². The van der Waals surface area contributed by atoms with Gasteiger partial charge in [0, 0.05) is 37.6 Å². The standard InChI is InChI=1S/C18H14F3N3O/c1-24(11-12-5-4-8-22-9-12)17(25)14-10-23-15-7-3-2-6-13(15)16(14)18(19,20)21/h2-10H,11H2,1H3. The molecule has 0 fully saturated rings. The molecule has 0 bridgehead atoms. The van der Waals surface area contributed by atoms with Crippen molar-refractivity contribution >= 4 is 16.8 Å². The van der Waals surface area contributed by atoms with Gasteiger partial charge in [-0.25, -0.2) is 0 Å². The first-order valence-corrected chi connectivity index (χ1v) is 7.47. The largest absolute Gasteiger partial charge is 0.417 e. The number of benzene rings is 1. The lowest BCUT2D eigenvalue weighted by atomic mass is 10.0. The third kappa shape index (κ3) is 3.45. The predicted molar refractivity (Wildman–Crippen MR) is 86.8 cm³/mol. The number of amides is 1. The fourth-order valence-corrected chi connectivity index (χ4v) is 2.65. The Kier molecular flexibility index (Phi) is 4.39. The Balaban J connectivity index is 2.04. The zero-order valence-electron chi connectivity index (χ0n) is 13.3. The molecule has 3 rings (SSSR count). The van der Waals surface area contributed by atoms with E-state index in [4.69, 9.17) is 0 Å². The number of hydrogen-bond donors (Lipinski definition) is 0. The first-order chi connectivity index (χ1) is 11.9. The van der Waals surface area contributed by atoms with Crippen molar-refractivity contribution in [1.82, 2.24) is 14.9 Å². The van der Waals surface area contributed by atoms with Crippen LogP contribution in [-0.2, 0) is 12.7 Å². The van der Waals surface area contributed by atoms with Gasteiger partial charge in [-0.15, -0.1) is 0 Å². The number of rotatable bonds is 3. The second kappa shape index (κ2) is 6.51. The van der Waals surface area contributed by atoms with Crippen molar-refractivity contribution < 1.29 is 18.0 Å². The summed E-state index contributed by atoms with van der Waals surface area (Å²) in [6.07, 6.45) is -0.524. The molecule has 0 spiro atoms. The first kappa shape index (κ1) is 16.9. The summed E-state index contributed by atoms with van der Waals surface area (Å²) in [6, 6.07) is 9.35. The van der Waals surface area contributed by atoms with E-state index in [1.807, 2.05) is 0 Å². The van der Waals surface area contributed by atoms with Gasteiger partial charge in [0.15, 0.2) is 0 Å². The van der Waals surface area contributed by atoms with Crippen molar-refractivity contribution in [3.05, 3.63) is 71.7 Å². The van der Waals surface area contributed by atoms with Gasteiger partial charge < -0.3 is 4.90 Å². The van der Waals surface area contributed by atoms with Crippen molar-refractivity contribution in [2.75, 3.05) is 7.05 Å². The Morgan fingerprint density at radius 3 is 2.56 bits per heavy atom. The molecule has 3 aromatic rings. The maximum absolute atomic E-state index is 13.6. The molecule has 1 aromatic carbocycles.